The minimum Gasteiger partial charge on any atom is -0.480 e. The number of hydrogen-bond acceptors (Lipinski definition) is 10. The van der Waals surface area contributed by atoms with Crippen LogP contribution in [0, 0.1) is 6.92 Å². The van der Waals surface area contributed by atoms with Gasteiger partial charge in [0, 0.05) is 11.8 Å². The molecule has 4 atom stereocenters. The molecule has 0 radical (unpaired) electrons. The number of carboxylic acids is 1. The van der Waals surface area contributed by atoms with Gasteiger partial charge in [-0.1, -0.05) is 41.5 Å². The van der Waals surface area contributed by atoms with Crippen LogP contribution in [0.5, 0.6) is 0 Å². The second-order valence-corrected chi connectivity index (χ2v) is 25.1. The minimum absolute atomic E-state index is 0.0732. The molecule has 2 aliphatic heterocycles. The molecule has 13 nitrogen and oxygen atoms in total. The van der Waals surface area contributed by atoms with Crippen LogP contribution in [-0.4, -0.2) is 69.7 Å². The van der Waals surface area contributed by atoms with Crippen LogP contribution in [0.15, 0.2) is 26.9 Å². The lowest BCUT2D eigenvalue weighted by Crippen LogP contribution is -2.59. The first kappa shape index (κ1) is 34.4. The predicted octanol–water partition coefficient (Wildman–Crippen LogP) is 2.61. The van der Waals surface area contributed by atoms with Gasteiger partial charge in [-0.15, -0.1) is 0 Å². The number of aliphatic carboxylic acids is 1. The largest absolute Gasteiger partial charge is 0.480 e. The van der Waals surface area contributed by atoms with Gasteiger partial charge in [0.1, 0.15) is 18.8 Å². The zero-order chi connectivity index (χ0) is 32.4. The Morgan fingerprint density at radius 2 is 1.64 bits per heavy atom. The monoisotopic (exact) mass is 647 g/mol. The average Bonchev–Trinajstić information content (AvgIpc) is 3.22. The van der Waals surface area contributed by atoms with Crippen LogP contribution in [0.25, 0.3) is 0 Å². The van der Waals surface area contributed by atoms with Gasteiger partial charge in [0.2, 0.25) is 0 Å². The first-order valence-electron chi connectivity index (χ1n) is 13.7. The van der Waals surface area contributed by atoms with Gasteiger partial charge in [-0.3, -0.25) is 14.2 Å². The fraction of sp³-hybridized carbons (Fsp3) is 0.731. The number of aryl methyl sites for hydroxylation is 1. The zero-order valence-corrected chi connectivity index (χ0v) is 29.1. The summed E-state index contributed by atoms with van der Waals surface area (Å²) >= 11 is 0. The zero-order valence-electron chi connectivity index (χ0n) is 26.3. The van der Waals surface area contributed by atoms with E-state index in [9.17, 15) is 27.9 Å². The molecular formula is C26H45N3O10SSi2. The van der Waals surface area contributed by atoms with Gasteiger partial charge in [-0.2, -0.15) is 8.42 Å². The quantitative estimate of drug-likeness (QED) is 0.313. The Labute approximate surface area is 249 Å². The molecule has 238 valence electrons. The Bertz CT molecular complexity index is 1500. The fourth-order valence-corrected chi connectivity index (χ4v) is 7.94. The van der Waals surface area contributed by atoms with E-state index in [4.69, 9.17) is 23.5 Å². The van der Waals surface area contributed by atoms with Crippen LogP contribution < -0.4 is 17.0 Å². The summed E-state index contributed by atoms with van der Waals surface area (Å²) in [6.07, 6.45) is -2.52. The predicted molar refractivity (Wildman–Crippen MR) is 161 cm³/mol. The molecule has 0 amide bonds. The van der Waals surface area contributed by atoms with E-state index < -0.39 is 74.6 Å². The highest BCUT2D eigenvalue weighted by atomic mass is 32.2. The first-order valence-corrected chi connectivity index (χ1v) is 21.0. The summed E-state index contributed by atoms with van der Waals surface area (Å²) in [6.45, 7) is 20.5. The Hall–Kier alpha value is -2.09. The lowest BCUT2D eigenvalue weighted by molar-refractivity contribution is -0.137. The van der Waals surface area contributed by atoms with E-state index in [0.29, 0.717) is 4.57 Å². The van der Waals surface area contributed by atoms with E-state index in [-0.39, 0.29) is 27.9 Å². The molecule has 0 aliphatic carbocycles. The van der Waals surface area contributed by atoms with Crippen molar-refractivity contribution in [2.75, 3.05) is 6.61 Å². The van der Waals surface area contributed by atoms with Crippen molar-refractivity contribution in [3.05, 3.63) is 43.7 Å². The Morgan fingerprint density at radius 1 is 1.10 bits per heavy atom. The summed E-state index contributed by atoms with van der Waals surface area (Å²) in [4.78, 5) is 37.9. The second-order valence-electron chi connectivity index (χ2n) is 14.1. The summed E-state index contributed by atoms with van der Waals surface area (Å²) in [5, 5.41) is 9.65. The summed E-state index contributed by atoms with van der Waals surface area (Å²) in [6, 6.07) is 0. The normalized spacial score (nSPS) is 26.5. The van der Waals surface area contributed by atoms with Gasteiger partial charge in [0.05, 0.1) is 17.7 Å². The van der Waals surface area contributed by atoms with E-state index in [1.807, 2.05) is 47.0 Å². The van der Waals surface area contributed by atoms with Crippen molar-refractivity contribution in [3.63, 3.8) is 0 Å². The van der Waals surface area contributed by atoms with Crippen LogP contribution in [-0.2, 0) is 39.2 Å². The second kappa shape index (κ2) is 10.8. The summed E-state index contributed by atoms with van der Waals surface area (Å²) in [5.41, 5.74) is 2.73. The molecule has 16 heteroatoms. The van der Waals surface area contributed by atoms with Crippen molar-refractivity contribution >= 4 is 32.7 Å². The number of ether oxygens (including phenoxy) is 1. The number of nitrogens with two attached hydrogens (primary N) is 1. The van der Waals surface area contributed by atoms with Gasteiger partial charge in [0.15, 0.2) is 28.5 Å². The standard InChI is InChI=1S/C26H45N3O10SSi2/c1-16-12-29(23(33)28(21(16)32)13-19(30)31)22-20(38-42(10,11)25(5,6)7)26(17(27)15-40(34,35)39-26)18(37-22)14-36-41(8,9)24(2,3)4/h12,15,18,20,22H,13-14,27H2,1-11H3,(H,30,31). The maximum atomic E-state index is 13.6. The molecule has 4 unspecified atom stereocenters. The van der Waals surface area contributed by atoms with E-state index in [0.717, 1.165) is 9.98 Å². The topological polar surface area (TPSA) is 178 Å². The third kappa shape index (κ3) is 6.12. The number of aromatic nitrogens is 2. The van der Waals surface area contributed by atoms with Crippen LogP contribution >= 0.6 is 0 Å². The SMILES string of the molecule is Cc1cn(C2OC(CO[Si](C)(C)C(C)(C)C)C3(OS(=O)(=O)C=C3N)C2O[Si](C)(C)C(C)(C)C)c(=O)n(CC(=O)O)c1=O. The minimum atomic E-state index is -4.28. The maximum absolute atomic E-state index is 13.6. The molecule has 42 heavy (non-hydrogen) atoms. The molecule has 0 aromatic carbocycles. The smallest absolute Gasteiger partial charge is 0.333 e. The Kier molecular flexibility index (Phi) is 8.86. The molecule has 1 fully saturated rings. The highest BCUT2D eigenvalue weighted by Crippen LogP contribution is 2.52. The molecular weight excluding hydrogens is 603 g/mol. The molecule has 2 aliphatic rings. The summed E-state index contributed by atoms with van der Waals surface area (Å²) < 4.78 is 52.9. The van der Waals surface area contributed by atoms with E-state index in [2.05, 4.69) is 20.8 Å². The van der Waals surface area contributed by atoms with Crippen LogP contribution in [0.3, 0.4) is 0 Å². The van der Waals surface area contributed by atoms with Gasteiger partial charge >= 0.3 is 11.7 Å². The van der Waals surface area contributed by atoms with Crippen molar-refractivity contribution in [1.82, 2.24) is 9.13 Å². The van der Waals surface area contributed by atoms with Gasteiger partial charge in [-0.05, 0) is 43.2 Å². The first-order chi connectivity index (χ1) is 18.8. The average molecular weight is 648 g/mol. The van der Waals surface area contributed by atoms with E-state index in [1.165, 1.54) is 13.1 Å². The molecule has 1 aromatic rings. The van der Waals surface area contributed by atoms with Gasteiger partial charge < -0.3 is 24.4 Å². The van der Waals surface area contributed by atoms with Crippen molar-refractivity contribution in [3.8, 4) is 0 Å². The van der Waals surface area contributed by atoms with Crippen molar-refractivity contribution in [2.24, 2.45) is 5.73 Å². The molecule has 3 N–H and O–H groups in total. The highest BCUT2D eigenvalue weighted by molar-refractivity contribution is 7.90. The molecule has 1 aromatic heterocycles. The number of hydrogen-bond donors (Lipinski definition) is 2. The van der Waals surface area contributed by atoms with Crippen molar-refractivity contribution in [1.29, 1.82) is 0 Å². The van der Waals surface area contributed by atoms with E-state index >= 15 is 0 Å². The van der Waals surface area contributed by atoms with Crippen LogP contribution in [0.2, 0.25) is 36.3 Å². The molecule has 3 heterocycles. The lowest BCUT2D eigenvalue weighted by atomic mass is 9.89. The van der Waals surface area contributed by atoms with Crippen molar-refractivity contribution < 1.29 is 36.1 Å². The fourth-order valence-electron chi connectivity index (χ4n) is 4.43. The third-order valence-electron chi connectivity index (χ3n) is 9.00. The van der Waals surface area contributed by atoms with Crippen LogP contribution in [0.4, 0.5) is 0 Å². The molecule has 3 rings (SSSR count). The molecule has 0 saturated carbocycles. The molecule has 1 saturated heterocycles. The molecule has 1 spiro atoms. The number of carboxylic acid groups (broad SMARTS) is 1. The van der Waals surface area contributed by atoms with Crippen molar-refractivity contribution in [2.45, 2.75) is 115 Å². The highest BCUT2D eigenvalue weighted by Gasteiger charge is 2.67. The summed E-state index contributed by atoms with van der Waals surface area (Å²) in [7, 11) is -9.45. The Morgan fingerprint density at radius 3 is 2.10 bits per heavy atom. The van der Waals surface area contributed by atoms with E-state index in [1.54, 1.807) is 0 Å². The Balaban J connectivity index is 2.31. The number of rotatable bonds is 8. The molecule has 0 bridgehead atoms. The lowest BCUT2D eigenvalue weighted by Gasteiger charge is -2.43. The summed E-state index contributed by atoms with van der Waals surface area (Å²) in [5.74, 6) is -1.39. The van der Waals surface area contributed by atoms with Gasteiger partial charge in [-0.25, -0.2) is 13.5 Å². The number of carbonyl (C=O) groups is 1. The third-order valence-corrected chi connectivity index (χ3v) is 19.0. The van der Waals surface area contributed by atoms with Gasteiger partial charge in [0.25, 0.3) is 15.7 Å². The van der Waals surface area contributed by atoms with Crippen LogP contribution in [0.1, 0.15) is 53.3 Å². The number of nitrogens with zero attached hydrogens (tertiary/aromatic N) is 2. The maximum Gasteiger partial charge on any atom is 0.333 e.